The van der Waals surface area contributed by atoms with E-state index in [-0.39, 0.29) is 17.1 Å². The van der Waals surface area contributed by atoms with Crippen molar-refractivity contribution in [2.75, 3.05) is 0 Å². The minimum Gasteiger partial charge on any atom is -0.341 e. The average molecular weight is 357 g/mol. The van der Waals surface area contributed by atoms with Gasteiger partial charge in [0.05, 0.1) is 6.04 Å². The van der Waals surface area contributed by atoms with E-state index in [2.05, 4.69) is 10.3 Å². The fourth-order valence-corrected chi connectivity index (χ4v) is 2.72. The number of hydrogen-bond acceptors (Lipinski definition) is 2. The van der Waals surface area contributed by atoms with Gasteiger partial charge in [-0.25, -0.2) is 4.98 Å². The van der Waals surface area contributed by atoms with Gasteiger partial charge in [0.1, 0.15) is 5.15 Å². The first-order valence-corrected chi connectivity index (χ1v) is 8.12. The van der Waals surface area contributed by atoms with Crippen molar-refractivity contribution in [3.63, 3.8) is 0 Å². The molecule has 1 atom stereocenters. The van der Waals surface area contributed by atoms with Crippen LogP contribution in [0, 0.1) is 0 Å². The van der Waals surface area contributed by atoms with Crippen LogP contribution < -0.4 is 5.32 Å². The van der Waals surface area contributed by atoms with E-state index in [1.807, 2.05) is 54.6 Å². The number of aromatic nitrogens is 1. The quantitative estimate of drug-likeness (QED) is 0.675. The molecule has 0 bridgehead atoms. The molecular formula is C19H14Cl2N2O. The summed E-state index contributed by atoms with van der Waals surface area (Å²) in [7, 11) is 0. The highest BCUT2D eigenvalue weighted by molar-refractivity contribution is 6.30. The number of carbonyl (C=O) groups excluding carboxylic acids is 1. The normalized spacial score (nSPS) is 11.8. The van der Waals surface area contributed by atoms with Crippen molar-refractivity contribution < 1.29 is 4.79 Å². The summed E-state index contributed by atoms with van der Waals surface area (Å²) in [5.74, 6) is -0.219. The molecule has 0 aliphatic rings. The molecular weight excluding hydrogens is 343 g/mol. The maximum absolute atomic E-state index is 12.6. The molecule has 3 nitrogen and oxygen atoms in total. The third-order valence-corrected chi connectivity index (χ3v) is 4.06. The van der Waals surface area contributed by atoms with Gasteiger partial charge in [-0.1, -0.05) is 65.7 Å². The van der Waals surface area contributed by atoms with Crippen LogP contribution >= 0.6 is 23.2 Å². The first kappa shape index (κ1) is 16.5. The summed E-state index contributed by atoms with van der Waals surface area (Å²) in [6.07, 6.45) is 1.51. The highest BCUT2D eigenvalue weighted by Gasteiger charge is 2.18. The minimum atomic E-state index is -0.289. The van der Waals surface area contributed by atoms with E-state index < -0.39 is 0 Å². The maximum atomic E-state index is 12.6. The van der Waals surface area contributed by atoms with Crippen molar-refractivity contribution in [2.45, 2.75) is 6.04 Å². The van der Waals surface area contributed by atoms with E-state index in [4.69, 9.17) is 23.2 Å². The van der Waals surface area contributed by atoms with Gasteiger partial charge in [0.2, 0.25) is 0 Å². The second-order valence-corrected chi connectivity index (χ2v) is 6.06. The van der Waals surface area contributed by atoms with E-state index in [1.165, 1.54) is 6.20 Å². The molecule has 24 heavy (non-hydrogen) atoms. The highest BCUT2D eigenvalue weighted by Crippen LogP contribution is 2.24. The molecule has 5 heteroatoms. The fourth-order valence-electron chi connectivity index (χ4n) is 2.42. The van der Waals surface area contributed by atoms with Crippen molar-refractivity contribution in [3.8, 4) is 0 Å². The van der Waals surface area contributed by atoms with Crippen molar-refractivity contribution in [1.29, 1.82) is 0 Å². The molecule has 0 saturated carbocycles. The van der Waals surface area contributed by atoms with Gasteiger partial charge < -0.3 is 5.32 Å². The topological polar surface area (TPSA) is 42.0 Å². The fraction of sp³-hybridized carbons (Fsp3) is 0.0526. The number of nitrogens with zero attached hydrogens (tertiary/aromatic N) is 1. The number of nitrogens with one attached hydrogen (secondary N) is 1. The number of rotatable bonds is 4. The van der Waals surface area contributed by atoms with Crippen LogP contribution in [0.3, 0.4) is 0 Å². The highest BCUT2D eigenvalue weighted by atomic mass is 35.5. The molecule has 3 aromatic rings. The van der Waals surface area contributed by atoms with Gasteiger partial charge in [0.15, 0.2) is 0 Å². The predicted molar refractivity (Wildman–Crippen MR) is 96.5 cm³/mol. The molecule has 1 N–H and O–H groups in total. The lowest BCUT2D eigenvalue weighted by Gasteiger charge is -2.20. The number of halogens is 2. The smallest absolute Gasteiger partial charge is 0.252 e. The lowest BCUT2D eigenvalue weighted by molar-refractivity contribution is 0.0943. The minimum absolute atomic E-state index is 0.219. The van der Waals surface area contributed by atoms with E-state index in [1.54, 1.807) is 12.1 Å². The third kappa shape index (κ3) is 3.94. The van der Waals surface area contributed by atoms with Crippen LogP contribution in [0.1, 0.15) is 27.5 Å². The number of amides is 1. The summed E-state index contributed by atoms with van der Waals surface area (Å²) in [4.78, 5) is 16.5. The van der Waals surface area contributed by atoms with Gasteiger partial charge in [0, 0.05) is 16.8 Å². The Morgan fingerprint density at radius 3 is 2.25 bits per heavy atom. The molecule has 120 valence electrons. The summed E-state index contributed by atoms with van der Waals surface area (Å²) in [5.41, 5.74) is 2.39. The third-order valence-electron chi connectivity index (χ3n) is 3.60. The zero-order chi connectivity index (χ0) is 16.9. The molecule has 2 aromatic carbocycles. The van der Waals surface area contributed by atoms with Crippen molar-refractivity contribution in [1.82, 2.24) is 10.3 Å². The Hall–Kier alpha value is -2.36. The van der Waals surface area contributed by atoms with E-state index in [0.29, 0.717) is 10.6 Å². The van der Waals surface area contributed by atoms with Gasteiger partial charge in [-0.15, -0.1) is 0 Å². The van der Waals surface area contributed by atoms with Crippen LogP contribution in [0.15, 0.2) is 72.9 Å². The Morgan fingerprint density at radius 2 is 1.58 bits per heavy atom. The monoisotopic (exact) mass is 356 g/mol. The molecule has 0 spiro atoms. The average Bonchev–Trinajstić information content (AvgIpc) is 2.61. The Morgan fingerprint density at radius 1 is 0.917 bits per heavy atom. The number of benzene rings is 2. The molecule has 1 amide bonds. The lowest BCUT2D eigenvalue weighted by Crippen LogP contribution is -2.29. The SMILES string of the molecule is O=C(NC(c1ccccc1)c1ccc(Cl)cc1)c1ccnc(Cl)c1. The second-order valence-electron chi connectivity index (χ2n) is 5.24. The zero-order valence-corrected chi connectivity index (χ0v) is 14.1. The molecule has 0 radical (unpaired) electrons. The zero-order valence-electron chi connectivity index (χ0n) is 12.6. The van der Waals surface area contributed by atoms with Gasteiger partial charge in [-0.3, -0.25) is 4.79 Å². The Kier molecular flexibility index (Phi) is 5.14. The molecule has 1 aromatic heterocycles. The summed E-state index contributed by atoms with van der Waals surface area (Å²) in [5, 5.41) is 3.98. The molecule has 0 aliphatic heterocycles. The standard InChI is InChI=1S/C19H14Cl2N2O/c20-16-8-6-14(7-9-16)18(13-4-2-1-3-5-13)23-19(24)15-10-11-22-17(21)12-15/h1-12,18H,(H,23,24). The molecule has 0 saturated heterocycles. The van der Waals surface area contributed by atoms with E-state index >= 15 is 0 Å². The molecule has 0 aliphatic carbocycles. The van der Waals surface area contributed by atoms with Crippen LogP contribution in [0.25, 0.3) is 0 Å². The number of pyridine rings is 1. The van der Waals surface area contributed by atoms with Crippen molar-refractivity contribution in [3.05, 3.63) is 99.8 Å². The molecule has 3 rings (SSSR count). The summed E-state index contributed by atoms with van der Waals surface area (Å²) < 4.78 is 0. The summed E-state index contributed by atoms with van der Waals surface area (Å²) in [6, 6.07) is 20.1. The largest absolute Gasteiger partial charge is 0.341 e. The first-order chi connectivity index (χ1) is 11.6. The molecule has 1 heterocycles. The van der Waals surface area contributed by atoms with Gasteiger partial charge >= 0.3 is 0 Å². The Balaban J connectivity index is 1.93. The molecule has 1 unspecified atom stereocenters. The maximum Gasteiger partial charge on any atom is 0.252 e. The van der Waals surface area contributed by atoms with Crippen molar-refractivity contribution in [2.24, 2.45) is 0 Å². The van der Waals surface area contributed by atoms with Gasteiger partial charge in [0.25, 0.3) is 5.91 Å². The van der Waals surface area contributed by atoms with Crippen LogP contribution in [0.4, 0.5) is 0 Å². The lowest BCUT2D eigenvalue weighted by atomic mass is 9.98. The van der Waals surface area contributed by atoms with Crippen LogP contribution in [0.2, 0.25) is 10.2 Å². The second kappa shape index (κ2) is 7.47. The summed E-state index contributed by atoms with van der Waals surface area (Å²) in [6.45, 7) is 0. The van der Waals surface area contributed by atoms with Gasteiger partial charge in [-0.2, -0.15) is 0 Å². The van der Waals surface area contributed by atoms with Crippen LogP contribution in [-0.4, -0.2) is 10.9 Å². The van der Waals surface area contributed by atoms with E-state index in [9.17, 15) is 4.79 Å². The first-order valence-electron chi connectivity index (χ1n) is 7.36. The Labute approximate surface area is 150 Å². The molecule has 0 fully saturated rings. The number of carbonyl (C=O) groups is 1. The van der Waals surface area contributed by atoms with Crippen LogP contribution in [0.5, 0.6) is 0 Å². The van der Waals surface area contributed by atoms with Crippen LogP contribution in [-0.2, 0) is 0 Å². The van der Waals surface area contributed by atoms with Gasteiger partial charge in [-0.05, 0) is 35.4 Å². The summed E-state index contributed by atoms with van der Waals surface area (Å²) >= 11 is 11.8. The van der Waals surface area contributed by atoms with Crippen molar-refractivity contribution >= 4 is 29.1 Å². The van der Waals surface area contributed by atoms with E-state index in [0.717, 1.165) is 11.1 Å². The predicted octanol–water partition coefficient (Wildman–Crippen LogP) is 4.91. The number of hydrogen-bond donors (Lipinski definition) is 1. The Bertz CT molecular complexity index is 836.